The average Bonchev–Trinajstić information content (AvgIpc) is 3.36. The van der Waals surface area contributed by atoms with Gasteiger partial charge in [0, 0.05) is 37.2 Å². The second-order valence-corrected chi connectivity index (χ2v) is 9.75. The van der Waals surface area contributed by atoms with E-state index < -0.39 is 6.29 Å². The van der Waals surface area contributed by atoms with Gasteiger partial charge < -0.3 is 30.3 Å². The molecule has 2 amide bonds. The minimum atomic E-state index is -0.533. The Bertz CT molecular complexity index is 968. The van der Waals surface area contributed by atoms with Crippen LogP contribution in [0.4, 0.5) is 4.79 Å². The summed E-state index contributed by atoms with van der Waals surface area (Å²) < 4.78 is 13.1. The summed E-state index contributed by atoms with van der Waals surface area (Å²) in [6.45, 7) is 6.95. The first-order valence-corrected chi connectivity index (χ1v) is 13.0. The van der Waals surface area contributed by atoms with Gasteiger partial charge in [0.2, 0.25) is 0 Å². The van der Waals surface area contributed by atoms with Gasteiger partial charge in [-0.1, -0.05) is 55.5 Å². The minimum absolute atomic E-state index is 0.00847. The molecule has 0 spiro atoms. The van der Waals surface area contributed by atoms with Gasteiger partial charge in [-0.05, 0) is 43.0 Å². The van der Waals surface area contributed by atoms with Crippen LogP contribution in [0.15, 0.2) is 48.5 Å². The monoisotopic (exact) mass is 497 g/mol. The van der Waals surface area contributed by atoms with Crippen LogP contribution in [-0.4, -0.2) is 59.5 Å². The van der Waals surface area contributed by atoms with Crippen molar-refractivity contribution in [1.82, 2.24) is 15.5 Å². The Balaban J connectivity index is 1.52. The molecule has 2 fully saturated rings. The van der Waals surface area contributed by atoms with E-state index >= 15 is 0 Å². The van der Waals surface area contributed by atoms with Crippen molar-refractivity contribution in [1.29, 1.82) is 0 Å². The average molecular weight is 498 g/mol. The van der Waals surface area contributed by atoms with E-state index in [-0.39, 0.29) is 43.4 Å². The molecule has 2 saturated heterocycles. The van der Waals surface area contributed by atoms with Crippen molar-refractivity contribution in [3.8, 4) is 0 Å². The highest BCUT2D eigenvalue weighted by atomic mass is 16.7. The van der Waals surface area contributed by atoms with E-state index in [1.54, 1.807) is 0 Å². The number of ether oxygens (including phenoxy) is 2. The molecule has 8 nitrogen and oxygen atoms in total. The Morgan fingerprint density at radius 1 is 1.00 bits per heavy atom. The molecule has 2 aromatic rings. The lowest BCUT2D eigenvalue weighted by atomic mass is 9.90. The number of carbonyl (C=O) groups is 1. The molecule has 0 saturated carbocycles. The van der Waals surface area contributed by atoms with Crippen molar-refractivity contribution in [3.63, 3.8) is 0 Å². The van der Waals surface area contributed by atoms with Crippen LogP contribution >= 0.6 is 0 Å². The molecular formula is C28H39N3O5. The zero-order valence-electron chi connectivity index (χ0n) is 21.2. The first-order chi connectivity index (χ1) is 17.5. The largest absolute Gasteiger partial charge is 0.395 e. The third kappa shape index (κ3) is 6.44. The quantitative estimate of drug-likeness (QED) is 0.424. The number of amides is 2. The normalized spacial score (nSPS) is 26.6. The molecule has 2 aliphatic rings. The topological polar surface area (TPSA) is 103 Å². The maximum absolute atomic E-state index is 11.7. The van der Waals surface area contributed by atoms with Crippen molar-refractivity contribution in [2.45, 2.75) is 64.4 Å². The van der Waals surface area contributed by atoms with E-state index in [4.69, 9.17) is 9.47 Å². The van der Waals surface area contributed by atoms with Crippen molar-refractivity contribution in [3.05, 3.63) is 70.8 Å². The van der Waals surface area contributed by atoms with E-state index in [2.05, 4.69) is 22.5 Å². The van der Waals surface area contributed by atoms with Gasteiger partial charge in [-0.3, -0.25) is 4.90 Å². The van der Waals surface area contributed by atoms with Crippen molar-refractivity contribution in [2.24, 2.45) is 5.92 Å². The summed E-state index contributed by atoms with van der Waals surface area (Å²) in [5.74, 6) is 0.0988. The van der Waals surface area contributed by atoms with Gasteiger partial charge in [0.25, 0.3) is 0 Å². The predicted molar refractivity (Wildman–Crippen MR) is 137 cm³/mol. The molecule has 0 aliphatic carbocycles. The summed E-state index contributed by atoms with van der Waals surface area (Å²) in [7, 11) is 0. The number of likely N-dealkylation sites (tertiary alicyclic amines) is 1. The van der Waals surface area contributed by atoms with Gasteiger partial charge in [-0.2, -0.15) is 0 Å². The van der Waals surface area contributed by atoms with E-state index in [0.29, 0.717) is 13.1 Å². The second-order valence-electron chi connectivity index (χ2n) is 9.75. The Morgan fingerprint density at radius 3 is 2.36 bits per heavy atom. The fourth-order valence-electron chi connectivity index (χ4n) is 5.10. The van der Waals surface area contributed by atoms with Crippen LogP contribution in [0.25, 0.3) is 0 Å². The first-order valence-electron chi connectivity index (χ1n) is 13.0. The highest BCUT2D eigenvalue weighted by Crippen LogP contribution is 2.42. The van der Waals surface area contributed by atoms with Gasteiger partial charge in [0.15, 0.2) is 6.29 Å². The maximum atomic E-state index is 11.7. The van der Waals surface area contributed by atoms with Crippen molar-refractivity contribution >= 4 is 6.03 Å². The van der Waals surface area contributed by atoms with E-state index in [1.807, 2.05) is 55.5 Å². The highest BCUT2D eigenvalue weighted by molar-refractivity contribution is 5.73. The Labute approximate surface area is 213 Å². The van der Waals surface area contributed by atoms with Crippen LogP contribution < -0.4 is 10.6 Å². The Hall–Kier alpha value is -2.49. The van der Waals surface area contributed by atoms with Crippen LogP contribution in [0.1, 0.15) is 61.3 Å². The van der Waals surface area contributed by atoms with E-state index in [9.17, 15) is 15.0 Å². The summed E-state index contributed by atoms with van der Waals surface area (Å²) in [6.07, 6.45) is 1.32. The van der Waals surface area contributed by atoms with Gasteiger partial charge in [0.1, 0.15) is 0 Å². The van der Waals surface area contributed by atoms with Crippen LogP contribution in [0.5, 0.6) is 0 Å². The SMILES string of the molecule is CCNC(=O)NCc1ccc(C2O[C@H](CN3CCC[C@H]3CO)[C@H](C)[C@H](c3ccc(CO)cc3)O2)cc1. The summed E-state index contributed by atoms with van der Waals surface area (Å²) in [5.41, 5.74) is 3.84. The van der Waals surface area contributed by atoms with Crippen LogP contribution in [0.3, 0.4) is 0 Å². The number of hydrogen-bond acceptors (Lipinski definition) is 6. The fourth-order valence-corrected chi connectivity index (χ4v) is 5.10. The molecule has 5 atom stereocenters. The number of benzene rings is 2. The van der Waals surface area contributed by atoms with E-state index in [1.165, 1.54) is 0 Å². The molecule has 1 unspecified atom stereocenters. The molecule has 4 rings (SSSR count). The Morgan fingerprint density at radius 2 is 1.69 bits per heavy atom. The summed E-state index contributed by atoms with van der Waals surface area (Å²) >= 11 is 0. The summed E-state index contributed by atoms with van der Waals surface area (Å²) in [6, 6.07) is 15.9. The lowest BCUT2D eigenvalue weighted by Crippen LogP contribution is -2.46. The maximum Gasteiger partial charge on any atom is 0.315 e. The smallest absolute Gasteiger partial charge is 0.315 e. The van der Waals surface area contributed by atoms with Crippen LogP contribution in [0, 0.1) is 5.92 Å². The predicted octanol–water partition coefficient (Wildman–Crippen LogP) is 3.25. The third-order valence-electron chi connectivity index (χ3n) is 7.29. The number of aliphatic hydroxyl groups is 2. The number of hydrogen-bond donors (Lipinski definition) is 4. The highest BCUT2D eigenvalue weighted by Gasteiger charge is 2.40. The number of nitrogens with one attached hydrogen (secondary N) is 2. The van der Waals surface area contributed by atoms with Gasteiger partial charge in [-0.15, -0.1) is 0 Å². The molecular weight excluding hydrogens is 458 g/mol. The molecule has 8 heteroatoms. The molecule has 0 bridgehead atoms. The number of aliphatic hydroxyl groups excluding tert-OH is 2. The first kappa shape index (κ1) is 26.6. The Kier molecular flexibility index (Phi) is 9.34. The molecule has 0 radical (unpaired) electrons. The van der Waals surface area contributed by atoms with E-state index in [0.717, 1.165) is 48.2 Å². The molecule has 0 aromatic heterocycles. The van der Waals surface area contributed by atoms with Gasteiger partial charge in [-0.25, -0.2) is 4.79 Å². The molecule has 2 aliphatic heterocycles. The molecule has 2 aromatic carbocycles. The summed E-state index contributed by atoms with van der Waals surface area (Å²) in [5, 5.41) is 24.8. The minimum Gasteiger partial charge on any atom is -0.395 e. The molecule has 196 valence electrons. The third-order valence-corrected chi connectivity index (χ3v) is 7.29. The van der Waals surface area contributed by atoms with Crippen LogP contribution in [0.2, 0.25) is 0 Å². The van der Waals surface area contributed by atoms with Gasteiger partial charge >= 0.3 is 6.03 Å². The number of urea groups is 1. The standard InChI is InChI=1S/C28H39N3O5/c1-3-29-28(34)30-15-20-6-12-23(13-7-20)27-35-25(16-31-14-4-5-24(31)18-33)19(2)26(36-27)22-10-8-21(17-32)9-11-22/h6-13,19,24-27,32-33H,3-5,14-18H2,1-2H3,(H2,29,30,34)/t19-,24-,25+,26+,27?/m0/s1. The number of rotatable bonds is 9. The lowest BCUT2D eigenvalue weighted by Gasteiger charge is -2.43. The van der Waals surface area contributed by atoms with Crippen molar-refractivity contribution < 1.29 is 24.5 Å². The molecule has 4 N–H and O–H groups in total. The number of carbonyl (C=O) groups excluding carboxylic acids is 1. The summed E-state index contributed by atoms with van der Waals surface area (Å²) in [4.78, 5) is 14.0. The zero-order chi connectivity index (χ0) is 25.5. The lowest BCUT2D eigenvalue weighted by molar-refractivity contribution is -0.276. The second kappa shape index (κ2) is 12.7. The zero-order valence-corrected chi connectivity index (χ0v) is 21.2. The van der Waals surface area contributed by atoms with Crippen LogP contribution in [-0.2, 0) is 22.6 Å². The van der Waals surface area contributed by atoms with Crippen molar-refractivity contribution in [2.75, 3.05) is 26.2 Å². The fraction of sp³-hybridized carbons (Fsp3) is 0.536. The molecule has 36 heavy (non-hydrogen) atoms. The van der Waals surface area contributed by atoms with Gasteiger partial charge in [0.05, 0.1) is 25.4 Å². The molecule has 2 heterocycles. The number of nitrogens with zero attached hydrogens (tertiary/aromatic N) is 1.